The molecule has 212 valence electrons. The zero-order valence-electron chi connectivity index (χ0n) is 23.3. The maximum Gasteiger partial charge on any atom is 0.237 e. The summed E-state index contributed by atoms with van der Waals surface area (Å²) in [7, 11) is 0. The quantitative estimate of drug-likeness (QED) is 0.295. The Morgan fingerprint density at radius 3 is 2.41 bits per heavy atom. The van der Waals surface area contributed by atoms with Gasteiger partial charge in [-0.15, -0.1) is 0 Å². The number of hydrogen-bond acceptors (Lipinski definition) is 4. The smallest absolute Gasteiger partial charge is 0.237 e. The summed E-state index contributed by atoms with van der Waals surface area (Å²) in [5.41, 5.74) is 7.46. The van der Waals surface area contributed by atoms with Crippen LogP contribution in [-0.4, -0.2) is 48.4 Å². The molecule has 3 aliphatic rings. The average Bonchev–Trinajstić information content (AvgIpc) is 3.00. The van der Waals surface area contributed by atoms with Crippen LogP contribution in [0.25, 0.3) is 0 Å². The third-order valence-corrected chi connectivity index (χ3v) is 8.83. The van der Waals surface area contributed by atoms with Crippen LogP contribution in [0.15, 0.2) is 84.4 Å². The summed E-state index contributed by atoms with van der Waals surface area (Å²) in [5, 5.41) is 7.50. The standard InChI is InChI=1S/C34H37ClN4O2/c35-29-11-9-24(10-12-29)19-30(37-34(41)31-21-26-5-1-2-6-27(26)22-36-31)20-25-13-16-38(17-14-25)32-8-4-3-7-28(32)23-39-18-15-33(39)40/h1-12,20,30-31,36H,13-19,21-23H2,(H,37,41)/t30-,31+/m0/s1. The van der Waals surface area contributed by atoms with E-state index in [1.54, 1.807) is 0 Å². The first-order chi connectivity index (χ1) is 20.0. The average molecular weight is 569 g/mol. The van der Waals surface area contributed by atoms with Crippen molar-refractivity contribution >= 4 is 29.1 Å². The Balaban J connectivity index is 1.13. The molecule has 0 bridgehead atoms. The molecule has 2 N–H and O–H groups in total. The predicted molar refractivity (Wildman–Crippen MR) is 164 cm³/mol. The van der Waals surface area contributed by atoms with Gasteiger partial charge in [0.05, 0.1) is 12.1 Å². The normalized spacial score (nSPS) is 19.3. The molecule has 2 amide bonds. The van der Waals surface area contributed by atoms with Crippen molar-refractivity contribution in [3.63, 3.8) is 0 Å². The van der Waals surface area contributed by atoms with Crippen LogP contribution >= 0.6 is 11.6 Å². The van der Waals surface area contributed by atoms with Gasteiger partial charge < -0.3 is 20.4 Å². The fraction of sp³-hybridized carbons (Fsp3) is 0.353. The summed E-state index contributed by atoms with van der Waals surface area (Å²) < 4.78 is 0. The molecule has 0 saturated carbocycles. The van der Waals surface area contributed by atoms with Crippen LogP contribution in [0.1, 0.15) is 41.5 Å². The Bertz CT molecular complexity index is 1430. The number of hydrogen-bond donors (Lipinski definition) is 2. The van der Waals surface area contributed by atoms with Gasteiger partial charge in [-0.1, -0.05) is 77.8 Å². The van der Waals surface area contributed by atoms with E-state index in [1.807, 2.05) is 41.3 Å². The lowest BCUT2D eigenvalue weighted by Gasteiger charge is -2.35. The molecular formula is C34H37ClN4O2. The van der Waals surface area contributed by atoms with Gasteiger partial charge in [-0.05, 0) is 66.1 Å². The predicted octanol–water partition coefficient (Wildman–Crippen LogP) is 5.04. The maximum absolute atomic E-state index is 13.5. The fourth-order valence-corrected chi connectivity index (χ4v) is 6.25. The van der Waals surface area contributed by atoms with Crippen LogP contribution in [0, 0.1) is 0 Å². The first-order valence-electron chi connectivity index (χ1n) is 14.7. The summed E-state index contributed by atoms with van der Waals surface area (Å²) in [6, 6.07) is 24.3. The van der Waals surface area contributed by atoms with Crippen molar-refractivity contribution in [2.24, 2.45) is 0 Å². The number of benzene rings is 3. The summed E-state index contributed by atoms with van der Waals surface area (Å²) in [6.07, 6.45) is 6.25. The molecule has 3 aliphatic heterocycles. The molecule has 0 radical (unpaired) electrons. The second-order valence-electron chi connectivity index (χ2n) is 11.4. The van der Waals surface area contributed by atoms with Gasteiger partial charge in [-0.25, -0.2) is 0 Å². The second-order valence-corrected chi connectivity index (χ2v) is 11.8. The Labute approximate surface area is 247 Å². The highest BCUT2D eigenvalue weighted by atomic mass is 35.5. The van der Waals surface area contributed by atoms with Crippen LogP contribution in [0.5, 0.6) is 0 Å². The largest absolute Gasteiger partial charge is 0.371 e. The highest BCUT2D eigenvalue weighted by Crippen LogP contribution is 2.29. The Morgan fingerprint density at radius 1 is 0.951 bits per heavy atom. The number of carbonyl (C=O) groups is 2. The number of anilines is 1. The van der Waals surface area contributed by atoms with Crippen molar-refractivity contribution in [1.29, 1.82) is 0 Å². The number of fused-ring (bicyclic) bond motifs is 1. The number of carbonyl (C=O) groups excluding carboxylic acids is 2. The molecule has 6 rings (SSSR count). The van der Waals surface area contributed by atoms with Gasteiger partial charge in [0.1, 0.15) is 0 Å². The molecule has 3 aromatic rings. The number of nitrogens with one attached hydrogen (secondary N) is 2. The molecule has 0 aromatic heterocycles. The lowest BCUT2D eigenvalue weighted by atomic mass is 9.94. The van der Waals surface area contributed by atoms with Gasteiger partial charge in [0.15, 0.2) is 0 Å². The van der Waals surface area contributed by atoms with Crippen molar-refractivity contribution in [2.45, 2.75) is 57.3 Å². The van der Waals surface area contributed by atoms with E-state index < -0.39 is 0 Å². The summed E-state index contributed by atoms with van der Waals surface area (Å²) in [4.78, 5) is 29.7. The third-order valence-electron chi connectivity index (χ3n) is 8.58. The molecule has 3 aromatic carbocycles. The van der Waals surface area contributed by atoms with E-state index in [4.69, 9.17) is 11.6 Å². The van der Waals surface area contributed by atoms with Gasteiger partial charge in [0.25, 0.3) is 0 Å². The topological polar surface area (TPSA) is 64.7 Å². The molecule has 2 atom stereocenters. The minimum absolute atomic E-state index is 0.0437. The number of nitrogens with zero attached hydrogens (tertiary/aromatic N) is 2. The number of para-hydroxylation sites is 1. The lowest BCUT2D eigenvalue weighted by Crippen LogP contribution is -2.50. The van der Waals surface area contributed by atoms with Crippen LogP contribution in [0.2, 0.25) is 5.02 Å². The Morgan fingerprint density at radius 2 is 1.68 bits per heavy atom. The van der Waals surface area contributed by atoms with Crippen LogP contribution in [0.3, 0.4) is 0 Å². The third kappa shape index (κ3) is 6.66. The summed E-state index contributed by atoms with van der Waals surface area (Å²) in [6.45, 7) is 4.08. The second kappa shape index (κ2) is 12.5. The minimum Gasteiger partial charge on any atom is -0.371 e. The maximum atomic E-state index is 13.5. The van der Waals surface area contributed by atoms with E-state index in [0.29, 0.717) is 37.4 Å². The number of halogens is 1. The van der Waals surface area contributed by atoms with Crippen LogP contribution < -0.4 is 15.5 Å². The first-order valence-corrected chi connectivity index (χ1v) is 15.0. The molecule has 3 heterocycles. The lowest BCUT2D eigenvalue weighted by molar-refractivity contribution is -0.140. The van der Waals surface area contributed by atoms with Gasteiger partial charge in [-0.3, -0.25) is 9.59 Å². The zero-order chi connectivity index (χ0) is 28.2. The van der Waals surface area contributed by atoms with E-state index in [0.717, 1.165) is 38.0 Å². The molecule has 7 heteroatoms. The SMILES string of the molecule is O=C(N[C@H](C=C1CCN(c2ccccc2CN2CCC2=O)CC1)Cc1ccc(Cl)cc1)[C@H]1Cc2ccccc2CN1. The monoisotopic (exact) mass is 568 g/mol. The zero-order valence-corrected chi connectivity index (χ0v) is 24.1. The van der Waals surface area contributed by atoms with Gasteiger partial charge in [0, 0.05) is 49.9 Å². The van der Waals surface area contributed by atoms with Crippen LogP contribution in [-0.2, 0) is 35.5 Å². The van der Waals surface area contributed by atoms with Crippen molar-refractivity contribution in [3.8, 4) is 0 Å². The highest BCUT2D eigenvalue weighted by Gasteiger charge is 2.27. The first kappa shape index (κ1) is 27.6. The van der Waals surface area contributed by atoms with E-state index >= 15 is 0 Å². The number of likely N-dealkylation sites (tertiary alicyclic amines) is 1. The molecule has 2 fully saturated rings. The van der Waals surface area contributed by atoms with E-state index in [1.165, 1.54) is 28.0 Å². The summed E-state index contributed by atoms with van der Waals surface area (Å²) >= 11 is 6.14. The molecule has 6 nitrogen and oxygen atoms in total. The van der Waals surface area contributed by atoms with Crippen molar-refractivity contribution in [3.05, 3.63) is 112 Å². The van der Waals surface area contributed by atoms with Crippen molar-refractivity contribution in [2.75, 3.05) is 24.5 Å². The molecular weight excluding hydrogens is 532 g/mol. The van der Waals surface area contributed by atoms with Crippen molar-refractivity contribution in [1.82, 2.24) is 15.5 Å². The number of β-lactam (4-membered cyclic amide) rings is 1. The highest BCUT2D eigenvalue weighted by molar-refractivity contribution is 6.30. The van der Waals surface area contributed by atoms with Gasteiger partial charge in [-0.2, -0.15) is 0 Å². The number of rotatable bonds is 8. The van der Waals surface area contributed by atoms with E-state index in [9.17, 15) is 9.59 Å². The Kier molecular flexibility index (Phi) is 8.40. The van der Waals surface area contributed by atoms with E-state index in [2.05, 4.69) is 58.0 Å². The molecule has 41 heavy (non-hydrogen) atoms. The molecule has 0 aliphatic carbocycles. The number of amides is 2. The Hall–Kier alpha value is -3.61. The van der Waals surface area contributed by atoms with Crippen molar-refractivity contribution < 1.29 is 9.59 Å². The fourth-order valence-electron chi connectivity index (χ4n) is 6.12. The molecule has 0 unspecified atom stereocenters. The summed E-state index contributed by atoms with van der Waals surface area (Å²) in [5.74, 6) is 0.285. The van der Waals surface area contributed by atoms with Gasteiger partial charge >= 0.3 is 0 Å². The molecule has 0 spiro atoms. The van der Waals surface area contributed by atoms with E-state index in [-0.39, 0.29) is 23.9 Å². The van der Waals surface area contributed by atoms with Crippen LogP contribution in [0.4, 0.5) is 5.69 Å². The number of piperidine rings is 1. The van der Waals surface area contributed by atoms with Gasteiger partial charge in [0.2, 0.25) is 11.8 Å². The molecule has 2 saturated heterocycles. The minimum atomic E-state index is -0.243.